The molecule has 33 nitrogen and oxygen atoms in total. The molecule has 0 spiro atoms. The van der Waals surface area contributed by atoms with Crippen LogP contribution in [-0.2, 0) is 12.4 Å². The number of hydrogen-bond acceptors (Lipinski definition) is 27. The number of nitrogens with zero attached hydrogens (tertiary/aromatic N) is 30. The first kappa shape index (κ1) is 72.9. The molecule has 0 atom stereocenters. The number of nitro benzene ring substituents is 1. The van der Waals surface area contributed by atoms with Crippen LogP contribution < -0.4 is 5.73 Å². The molecule has 0 saturated carbocycles. The number of nitriles is 4. The Kier molecular flexibility index (Phi) is 22.5. The van der Waals surface area contributed by atoms with Gasteiger partial charge in [0, 0.05) is 58.3 Å². The Hall–Kier alpha value is -15.3. The van der Waals surface area contributed by atoms with Crippen molar-refractivity contribution in [1.82, 2.24) is 126 Å². The Balaban J connectivity index is 0.000000133. The summed E-state index contributed by atoms with van der Waals surface area (Å²) in [6, 6.07) is 53.9. The Morgan fingerprint density at radius 3 is 1.02 bits per heavy atom. The van der Waals surface area contributed by atoms with Gasteiger partial charge in [0.1, 0.15) is 28.5 Å². The molecule has 0 unspecified atom stereocenters. The van der Waals surface area contributed by atoms with Gasteiger partial charge in [0.25, 0.3) is 5.69 Å². The first-order valence-electron chi connectivity index (χ1n) is 29.9. The molecule has 0 aliphatic rings. The minimum Gasteiger partial charge on any atom is -0.399 e. The van der Waals surface area contributed by atoms with E-state index in [4.69, 9.17) is 38.4 Å². The molecule has 524 valence electrons. The number of alkyl halides is 6. The molecule has 2 N–H and O–H groups in total. The lowest BCUT2D eigenvalue weighted by Gasteiger charge is -2.08. The fourth-order valence-electron chi connectivity index (χ4n) is 8.86. The Bertz CT molecular complexity index is 5670. The van der Waals surface area contributed by atoms with Crippen molar-refractivity contribution >= 4 is 38.9 Å². The van der Waals surface area contributed by atoms with Crippen LogP contribution in [0.2, 0.25) is 5.02 Å². The Morgan fingerprint density at radius 2 is 0.692 bits per heavy atom. The lowest BCUT2D eigenvalue weighted by atomic mass is 10.1. The SMILES string of the molecule is FC(F)(F)c1cc(Br)cc(-n2nnc(-c3ccccn3)n2)c1.N#Cc1cc(-n2nnc(-c3ccccn3)n2)cc(C(F)(F)F)c1.N#Cc1cc(-n2nnc(-c3ccccn3)n2)cc([N+](=O)[O-])c1.N#Cc1cc(Cl)cc(-n2nnc(-c3ccccn3)n2)c1.N#Cc1cc(N)cc(-n2nnc(-c3ccccn3)n2)c1. The summed E-state index contributed by atoms with van der Waals surface area (Å²) >= 11 is 9.00. The third kappa shape index (κ3) is 19.0. The standard InChI is InChI=1S/C14H7F3N6.C13H7BrF3N5.C13H7ClN6.C13H7N7O2.C13H9N7/c15-14(16,17)10-5-9(8-18)6-11(7-10)23-21-13(20-22-23)12-3-1-2-4-19-12;14-9-5-8(13(15,16)17)6-10(7-9)22-20-12(19-21-22)11-3-1-2-4-18-11;14-10-5-9(8-15)6-11(7-10)20-18-13(17-19-20)12-3-1-2-4-16-12;14-8-9-5-10(7-11(6-9)20(21)22)19-17-13(16-18-19)12-3-1-2-4-15-12;14-8-9-5-10(15)7-11(6-9)20-18-13(17-19-20)12-3-1-2-4-16-12/h1-7H;1-7H;1-7H;1-7H;1-7H,15H2. The van der Waals surface area contributed by atoms with E-state index in [0.717, 1.165) is 38.7 Å². The van der Waals surface area contributed by atoms with Crippen molar-refractivity contribution < 1.29 is 31.3 Å². The molecule has 10 heterocycles. The van der Waals surface area contributed by atoms with Crippen LogP contribution in [0.1, 0.15) is 33.4 Å². The smallest absolute Gasteiger partial charge is 0.399 e. The number of tetrazole rings is 5. The molecule has 0 radical (unpaired) electrons. The summed E-state index contributed by atoms with van der Waals surface area (Å²) in [6.45, 7) is 0. The van der Waals surface area contributed by atoms with E-state index in [9.17, 15) is 36.5 Å². The second-order valence-electron chi connectivity index (χ2n) is 21.0. The van der Waals surface area contributed by atoms with Crippen LogP contribution in [0.25, 0.3) is 86.0 Å². The topological polar surface area (TPSA) is 447 Å². The summed E-state index contributed by atoms with van der Waals surface area (Å²) in [5, 5.41) is 106. The second kappa shape index (κ2) is 33.0. The zero-order valence-electron chi connectivity index (χ0n) is 53.5. The van der Waals surface area contributed by atoms with Crippen molar-refractivity contribution in [2.45, 2.75) is 12.4 Å². The molecule has 0 aliphatic carbocycles. The van der Waals surface area contributed by atoms with E-state index < -0.39 is 28.4 Å². The van der Waals surface area contributed by atoms with Crippen LogP contribution in [0, 0.1) is 55.4 Å². The van der Waals surface area contributed by atoms with Gasteiger partial charge in [-0.15, -0.1) is 75.0 Å². The molecule has 0 aliphatic heterocycles. The molecule has 41 heteroatoms. The Morgan fingerprint density at radius 1 is 0.393 bits per heavy atom. The van der Waals surface area contributed by atoms with Gasteiger partial charge < -0.3 is 5.73 Å². The number of nitrogens with two attached hydrogens (primary N) is 1. The number of rotatable bonds is 11. The van der Waals surface area contributed by atoms with E-state index in [-0.39, 0.29) is 55.8 Å². The summed E-state index contributed by atoms with van der Waals surface area (Å²) in [5.74, 6) is 1.50. The fraction of sp³-hybridized carbons (Fsp3) is 0.0303. The van der Waals surface area contributed by atoms with E-state index in [1.54, 1.807) is 134 Å². The summed E-state index contributed by atoms with van der Waals surface area (Å²) in [4.78, 5) is 36.5. The van der Waals surface area contributed by atoms with E-state index >= 15 is 0 Å². The van der Waals surface area contributed by atoms with Gasteiger partial charge in [0.15, 0.2) is 0 Å². The molecular formula is C66H37BrClF6N31O2. The monoisotopic (exact) mass is 1520 g/mol. The van der Waals surface area contributed by atoms with Crippen molar-refractivity contribution in [2.24, 2.45) is 0 Å². The summed E-state index contributed by atoms with van der Waals surface area (Å²) < 4.78 is 77.4. The lowest BCUT2D eigenvalue weighted by molar-refractivity contribution is -0.384. The predicted octanol–water partition coefficient (Wildman–Crippen LogP) is 11.1. The summed E-state index contributed by atoms with van der Waals surface area (Å²) in [6.07, 6.45) is -1.02. The highest BCUT2D eigenvalue weighted by Crippen LogP contribution is 2.34. The quantitative estimate of drug-likeness (QED) is 0.0544. The van der Waals surface area contributed by atoms with Crippen molar-refractivity contribution in [3.63, 3.8) is 0 Å². The van der Waals surface area contributed by atoms with Gasteiger partial charge in [0.2, 0.25) is 29.1 Å². The largest absolute Gasteiger partial charge is 0.416 e. The van der Waals surface area contributed by atoms with Gasteiger partial charge in [-0.1, -0.05) is 57.9 Å². The highest BCUT2D eigenvalue weighted by atomic mass is 79.9. The van der Waals surface area contributed by atoms with Crippen LogP contribution in [0.4, 0.5) is 37.7 Å². The number of aromatic nitrogens is 25. The lowest BCUT2D eigenvalue weighted by Crippen LogP contribution is -2.08. The van der Waals surface area contributed by atoms with Gasteiger partial charge >= 0.3 is 12.4 Å². The molecule has 107 heavy (non-hydrogen) atoms. The maximum absolute atomic E-state index is 12.9. The average Bonchev–Trinajstić information content (AvgIpc) is 1.34. The minimum absolute atomic E-state index is 0.00828. The first-order chi connectivity index (χ1) is 51.6. The number of nitrogen functional groups attached to an aromatic ring is 1. The van der Waals surface area contributed by atoms with E-state index in [2.05, 4.69) is 118 Å². The number of nitro groups is 1. The normalized spacial score (nSPS) is 10.7. The van der Waals surface area contributed by atoms with Crippen LogP contribution in [-0.4, -0.2) is 131 Å². The second-order valence-corrected chi connectivity index (χ2v) is 22.4. The summed E-state index contributed by atoms with van der Waals surface area (Å²) in [5.41, 5.74) is 9.38. The predicted molar refractivity (Wildman–Crippen MR) is 365 cm³/mol. The van der Waals surface area contributed by atoms with Crippen molar-refractivity contribution in [2.75, 3.05) is 5.73 Å². The number of halogens is 8. The van der Waals surface area contributed by atoms with Gasteiger partial charge in [0.05, 0.1) is 91.0 Å². The highest BCUT2D eigenvalue weighted by molar-refractivity contribution is 9.10. The van der Waals surface area contributed by atoms with Gasteiger partial charge in [-0.25, -0.2) is 0 Å². The van der Waals surface area contributed by atoms with Crippen molar-refractivity contribution in [1.29, 1.82) is 21.0 Å². The molecule has 0 amide bonds. The van der Waals surface area contributed by atoms with E-state index in [1.165, 1.54) is 46.1 Å². The zero-order valence-corrected chi connectivity index (χ0v) is 55.9. The van der Waals surface area contributed by atoms with Gasteiger partial charge in [-0.2, -0.15) is 47.4 Å². The average molecular weight is 1530 g/mol. The molecule has 10 aromatic heterocycles. The molecule has 15 aromatic rings. The molecular weight excluding hydrogens is 1490 g/mol. The molecule has 15 rings (SSSR count). The van der Waals surface area contributed by atoms with Crippen molar-refractivity contribution in [3.05, 3.63) is 266 Å². The maximum Gasteiger partial charge on any atom is 0.416 e. The molecule has 0 saturated heterocycles. The van der Waals surface area contributed by atoms with Crippen LogP contribution in [0.3, 0.4) is 0 Å². The number of hydrogen-bond donors (Lipinski definition) is 1. The summed E-state index contributed by atoms with van der Waals surface area (Å²) in [7, 11) is 0. The van der Waals surface area contributed by atoms with Gasteiger partial charge in [-0.05, 0) is 166 Å². The zero-order chi connectivity index (χ0) is 75.6. The molecule has 0 bridgehead atoms. The number of benzene rings is 5. The van der Waals surface area contributed by atoms with E-state index in [0.29, 0.717) is 73.3 Å². The third-order valence-electron chi connectivity index (χ3n) is 13.6. The molecule has 0 fully saturated rings. The van der Waals surface area contributed by atoms with E-state index in [1.807, 2.05) is 42.5 Å². The maximum atomic E-state index is 12.9. The van der Waals surface area contributed by atoms with Crippen molar-refractivity contribution in [3.8, 4) is 110 Å². The number of non-ortho nitro benzene ring substituents is 1. The van der Waals surface area contributed by atoms with Crippen LogP contribution in [0.5, 0.6) is 0 Å². The van der Waals surface area contributed by atoms with Gasteiger partial charge in [-0.3, -0.25) is 35.0 Å². The number of pyridine rings is 5. The number of anilines is 1. The minimum atomic E-state index is -4.58. The van der Waals surface area contributed by atoms with Crippen LogP contribution in [0.15, 0.2) is 217 Å². The highest BCUT2D eigenvalue weighted by Gasteiger charge is 2.33. The Labute approximate surface area is 608 Å². The third-order valence-corrected chi connectivity index (χ3v) is 14.3. The fourth-order valence-corrected chi connectivity index (χ4v) is 9.57. The van der Waals surface area contributed by atoms with Crippen LogP contribution >= 0.6 is 27.5 Å². The first-order valence-corrected chi connectivity index (χ1v) is 31.1. The molecule has 5 aromatic carbocycles.